The molecule has 1 atom stereocenters. The number of ether oxygens (including phenoxy) is 2. The van der Waals surface area contributed by atoms with Crippen LogP contribution in [0.5, 0.6) is 5.75 Å². The summed E-state index contributed by atoms with van der Waals surface area (Å²) in [6.07, 6.45) is 1.86. The molecule has 0 amide bonds. The summed E-state index contributed by atoms with van der Waals surface area (Å²) in [4.78, 5) is 32.3. The zero-order valence-corrected chi connectivity index (χ0v) is 18.4. The summed E-state index contributed by atoms with van der Waals surface area (Å²) >= 11 is 2.88. The van der Waals surface area contributed by atoms with Crippen LogP contribution in [0.25, 0.3) is 6.08 Å². The van der Waals surface area contributed by atoms with Gasteiger partial charge in [0, 0.05) is 4.88 Å². The first-order valence-corrected chi connectivity index (χ1v) is 11.1. The van der Waals surface area contributed by atoms with Crippen LogP contribution in [0, 0.1) is 0 Å². The van der Waals surface area contributed by atoms with Crippen molar-refractivity contribution in [1.29, 1.82) is 0 Å². The predicted molar refractivity (Wildman–Crippen MR) is 118 cm³/mol. The Labute approximate surface area is 181 Å². The molecule has 0 spiro atoms. The standard InChI is InChI=1S/C22H20N2O4S2/c1-4-28-21(26)18-13(2)23-22-24(19(18)14-7-9-15(27-3)10-8-14)20(25)17(30-22)12-16-6-5-11-29-16/h5-12,19H,4H2,1-3H3/b17-12+/t19-/m1/s1. The second kappa shape index (κ2) is 8.41. The molecule has 0 bridgehead atoms. The Morgan fingerprint density at radius 2 is 2.03 bits per heavy atom. The Bertz CT molecular complexity index is 1280. The number of thiophene rings is 1. The van der Waals surface area contributed by atoms with Crippen molar-refractivity contribution in [3.63, 3.8) is 0 Å². The highest BCUT2D eigenvalue weighted by Crippen LogP contribution is 2.31. The minimum Gasteiger partial charge on any atom is -0.497 e. The number of fused-ring (bicyclic) bond motifs is 1. The number of esters is 1. The van der Waals surface area contributed by atoms with Gasteiger partial charge in [0.1, 0.15) is 5.75 Å². The van der Waals surface area contributed by atoms with Crippen molar-refractivity contribution in [1.82, 2.24) is 4.57 Å². The first-order valence-electron chi connectivity index (χ1n) is 9.40. The predicted octanol–water partition coefficient (Wildman–Crippen LogP) is 2.87. The molecule has 0 fully saturated rings. The fourth-order valence-corrected chi connectivity index (χ4v) is 5.17. The topological polar surface area (TPSA) is 69.9 Å². The second-order valence-corrected chi connectivity index (χ2v) is 8.58. The number of carbonyl (C=O) groups is 1. The van der Waals surface area contributed by atoms with Crippen molar-refractivity contribution in [2.24, 2.45) is 4.99 Å². The van der Waals surface area contributed by atoms with Crippen LogP contribution in [0.15, 0.2) is 62.8 Å². The van der Waals surface area contributed by atoms with Crippen molar-refractivity contribution in [3.05, 3.63) is 83.2 Å². The summed E-state index contributed by atoms with van der Waals surface area (Å²) in [6.45, 7) is 3.78. The molecule has 0 saturated heterocycles. The molecule has 1 aliphatic heterocycles. The van der Waals surface area contributed by atoms with Gasteiger partial charge in [-0.1, -0.05) is 29.5 Å². The number of hydrogen-bond acceptors (Lipinski definition) is 7. The normalized spacial score (nSPS) is 16.2. The van der Waals surface area contributed by atoms with Gasteiger partial charge in [0.15, 0.2) is 4.80 Å². The van der Waals surface area contributed by atoms with Crippen molar-refractivity contribution in [3.8, 4) is 5.75 Å². The number of nitrogens with zero attached hydrogens (tertiary/aromatic N) is 2. The third kappa shape index (κ3) is 3.64. The number of aromatic nitrogens is 1. The van der Waals surface area contributed by atoms with Gasteiger partial charge in [0.2, 0.25) is 0 Å². The molecule has 1 aromatic carbocycles. The Morgan fingerprint density at radius 3 is 2.67 bits per heavy atom. The average Bonchev–Trinajstić information content (AvgIpc) is 3.36. The molecular weight excluding hydrogens is 420 g/mol. The van der Waals surface area contributed by atoms with Crippen LogP contribution >= 0.6 is 22.7 Å². The van der Waals surface area contributed by atoms with Crippen LogP contribution in [0.3, 0.4) is 0 Å². The molecule has 2 aromatic heterocycles. The summed E-state index contributed by atoms with van der Waals surface area (Å²) in [5.41, 5.74) is 1.54. The van der Waals surface area contributed by atoms with E-state index in [1.54, 1.807) is 36.9 Å². The zero-order valence-electron chi connectivity index (χ0n) is 16.7. The van der Waals surface area contributed by atoms with Gasteiger partial charge in [-0.05, 0) is 49.1 Å². The lowest BCUT2D eigenvalue weighted by Gasteiger charge is -2.24. The van der Waals surface area contributed by atoms with Gasteiger partial charge in [0.25, 0.3) is 5.56 Å². The summed E-state index contributed by atoms with van der Waals surface area (Å²) in [6, 6.07) is 10.6. The van der Waals surface area contributed by atoms with Gasteiger partial charge < -0.3 is 9.47 Å². The molecule has 3 heterocycles. The van der Waals surface area contributed by atoms with Crippen molar-refractivity contribution < 1.29 is 14.3 Å². The van der Waals surface area contributed by atoms with Gasteiger partial charge >= 0.3 is 5.97 Å². The SMILES string of the molecule is CCOC(=O)C1=C(C)N=c2s/c(=C/c3cccs3)c(=O)n2[C@@H]1c1ccc(OC)cc1. The van der Waals surface area contributed by atoms with Crippen LogP contribution in [-0.4, -0.2) is 24.3 Å². The Morgan fingerprint density at radius 1 is 1.27 bits per heavy atom. The lowest BCUT2D eigenvalue weighted by molar-refractivity contribution is -0.139. The highest BCUT2D eigenvalue weighted by atomic mass is 32.1. The lowest BCUT2D eigenvalue weighted by atomic mass is 9.96. The van der Waals surface area contributed by atoms with E-state index in [1.165, 1.54) is 11.3 Å². The third-order valence-corrected chi connectivity index (χ3v) is 6.57. The van der Waals surface area contributed by atoms with Crippen molar-refractivity contribution >= 4 is 34.7 Å². The van der Waals surface area contributed by atoms with E-state index in [0.29, 0.717) is 26.4 Å². The Balaban J connectivity index is 1.95. The lowest BCUT2D eigenvalue weighted by Crippen LogP contribution is -2.39. The fraction of sp³-hybridized carbons (Fsp3) is 0.227. The van der Waals surface area contributed by atoms with Crippen molar-refractivity contribution in [2.45, 2.75) is 19.9 Å². The van der Waals surface area contributed by atoms with Crippen LogP contribution in [0.2, 0.25) is 0 Å². The number of benzene rings is 1. The van der Waals surface area contributed by atoms with Gasteiger partial charge in [-0.25, -0.2) is 9.79 Å². The first kappa shape index (κ1) is 20.3. The average molecular weight is 441 g/mol. The minimum absolute atomic E-state index is 0.178. The zero-order chi connectivity index (χ0) is 21.3. The summed E-state index contributed by atoms with van der Waals surface area (Å²) in [5, 5.41) is 1.96. The molecule has 0 radical (unpaired) electrons. The Hall–Kier alpha value is -2.97. The number of allylic oxidation sites excluding steroid dienone is 1. The largest absolute Gasteiger partial charge is 0.497 e. The van der Waals surface area contributed by atoms with Crippen molar-refractivity contribution in [2.75, 3.05) is 13.7 Å². The molecular formula is C22H20N2O4S2. The van der Waals surface area contributed by atoms with Crippen LogP contribution in [-0.2, 0) is 9.53 Å². The van der Waals surface area contributed by atoms with E-state index in [9.17, 15) is 9.59 Å². The number of thiazole rings is 1. The molecule has 4 rings (SSSR count). The molecule has 1 aliphatic rings. The highest BCUT2D eigenvalue weighted by molar-refractivity contribution is 7.11. The Kier molecular flexibility index (Phi) is 5.69. The van der Waals surface area contributed by atoms with Crippen LogP contribution in [0.4, 0.5) is 0 Å². The molecule has 0 saturated carbocycles. The monoisotopic (exact) mass is 440 g/mol. The van der Waals surface area contributed by atoms with Gasteiger partial charge in [0.05, 0.1) is 35.6 Å². The fourth-order valence-electron chi connectivity index (χ4n) is 3.40. The molecule has 8 heteroatoms. The van der Waals surface area contributed by atoms with E-state index in [-0.39, 0.29) is 12.2 Å². The van der Waals surface area contributed by atoms with Gasteiger partial charge in [-0.3, -0.25) is 9.36 Å². The first-order chi connectivity index (χ1) is 14.5. The molecule has 30 heavy (non-hydrogen) atoms. The maximum atomic E-state index is 13.4. The molecule has 0 N–H and O–H groups in total. The third-order valence-electron chi connectivity index (χ3n) is 4.77. The molecule has 154 valence electrons. The maximum absolute atomic E-state index is 13.4. The number of hydrogen-bond donors (Lipinski definition) is 0. The molecule has 0 aliphatic carbocycles. The highest BCUT2D eigenvalue weighted by Gasteiger charge is 2.33. The van der Waals surface area contributed by atoms with E-state index in [4.69, 9.17) is 9.47 Å². The molecule has 3 aromatic rings. The quantitative estimate of drug-likeness (QED) is 0.572. The minimum atomic E-state index is -0.614. The number of methoxy groups -OCH3 is 1. The summed E-state index contributed by atoms with van der Waals surface area (Å²) in [5.74, 6) is 0.231. The van der Waals surface area contributed by atoms with E-state index in [2.05, 4.69) is 4.99 Å². The van der Waals surface area contributed by atoms with E-state index >= 15 is 0 Å². The van der Waals surface area contributed by atoms with Crippen LogP contribution in [0.1, 0.15) is 30.3 Å². The van der Waals surface area contributed by atoms with E-state index in [1.807, 2.05) is 47.9 Å². The summed E-state index contributed by atoms with van der Waals surface area (Å²) in [7, 11) is 1.59. The van der Waals surface area contributed by atoms with Crippen LogP contribution < -0.4 is 19.6 Å². The van der Waals surface area contributed by atoms with Gasteiger partial charge in [-0.15, -0.1) is 11.3 Å². The summed E-state index contributed by atoms with van der Waals surface area (Å²) < 4.78 is 12.7. The van der Waals surface area contributed by atoms with E-state index < -0.39 is 12.0 Å². The number of rotatable bonds is 5. The maximum Gasteiger partial charge on any atom is 0.338 e. The smallest absolute Gasteiger partial charge is 0.338 e. The second-order valence-electron chi connectivity index (χ2n) is 6.59. The van der Waals surface area contributed by atoms with Gasteiger partial charge in [-0.2, -0.15) is 0 Å². The number of carbonyl (C=O) groups excluding carboxylic acids is 1. The molecule has 0 unspecified atom stereocenters. The van der Waals surface area contributed by atoms with E-state index in [0.717, 1.165) is 10.4 Å². The molecule has 6 nitrogen and oxygen atoms in total.